The van der Waals surface area contributed by atoms with Crippen LogP contribution in [0.5, 0.6) is 11.5 Å². The lowest BCUT2D eigenvalue weighted by Crippen LogP contribution is -2.15. The Morgan fingerprint density at radius 2 is 2.10 bits per heavy atom. The minimum Gasteiger partial charge on any atom is -0.494 e. The van der Waals surface area contributed by atoms with Crippen LogP contribution >= 0.6 is 28.4 Å². The fourth-order valence-electron chi connectivity index (χ4n) is 2.68. The van der Waals surface area contributed by atoms with Gasteiger partial charge in [-0.2, -0.15) is 5.10 Å². The van der Waals surface area contributed by atoms with Gasteiger partial charge in [0.05, 0.1) is 37.2 Å². The Kier molecular flexibility index (Phi) is 8.41. The molecule has 1 unspecified atom stereocenters. The van der Waals surface area contributed by atoms with E-state index >= 15 is 0 Å². The monoisotopic (exact) mass is 540 g/mol. The quantitative estimate of drug-likeness (QED) is 0.233. The molecule has 0 spiro atoms. The largest absolute Gasteiger partial charge is 0.494 e. The van der Waals surface area contributed by atoms with E-state index < -0.39 is 0 Å². The number of hydrogen-bond donors (Lipinski definition) is 1. The van der Waals surface area contributed by atoms with Gasteiger partial charge in [-0.25, -0.2) is 9.44 Å². The maximum atomic E-state index is 12.8. The standard InChI is InChI=1S/C20H22IN4O4P/c1-3-28-11-12-29-14-7-8-16(19(13-14)27-2)24-20(26)17-6-4-5-15(23-17)18-9-10-22-25(18)30-21/h4-10,13,30H,3,11-12H2,1-2H3,(H,24,26). The SMILES string of the molecule is CCOCCOc1ccc(NC(=O)c2cccc(-c3ccnn3PI)n2)c(OC)c1. The highest BCUT2D eigenvalue weighted by Gasteiger charge is 2.14. The summed E-state index contributed by atoms with van der Waals surface area (Å²) in [6, 6.07) is 12.4. The average molecular weight is 540 g/mol. The van der Waals surface area contributed by atoms with Crippen molar-refractivity contribution < 1.29 is 19.0 Å². The first-order chi connectivity index (χ1) is 14.7. The summed E-state index contributed by atoms with van der Waals surface area (Å²) >= 11 is 2.25. The fourth-order valence-corrected chi connectivity index (χ4v) is 4.23. The predicted molar refractivity (Wildman–Crippen MR) is 126 cm³/mol. The summed E-state index contributed by atoms with van der Waals surface area (Å²) in [5.74, 6) is 0.804. The molecule has 158 valence electrons. The van der Waals surface area contributed by atoms with E-state index in [0.29, 0.717) is 54.8 Å². The Morgan fingerprint density at radius 1 is 1.23 bits per heavy atom. The topological polar surface area (TPSA) is 87.5 Å². The second-order valence-electron chi connectivity index (χ2n) is 5.98. The molecule has 0 saturated carbocycles. The molecule has 1 N–H and O–H groups in total. The summed E-state index contributed by atoms with van der Waals surface area (Å²) < 4.78 is 18.1. The van der Waals surface area contributed by atoms with Crippen molar-refractivity contribution in [3.8, 4) is 22.9 Å². The maximum absolute atomic E-state index is 12.8. The van der Waals surface area contributed by atoms with Crippen LogP contribution in [0.4, 0.5) is 5.69 Å². The van der Waals surface area contributed by atoms with Crippen LogP contribution in [0, 0.1) is 0 Å². The van der Waals surface area contributed by atoms with Crippen molar-refractivity contribution >= 4 is 40.0 Å². The highest BCUT2D eigenvalue weighted by molar-refractivity contribution is 14.2. The summed E-state index contributed by atoms with van der Waals surface area (Å²) in [6.45, 7) is 3.53. The van der Waals surface area contributed by atoms with Crippen molar-refractivity contribution in [2.75, 3.05) is 32.2 Å². The molecule has 0 radical (unpaired) electrons. The van der Waals surface area contributed by atoms with Crippen LogP contribution < -0.4 is 14.8 Å². The van der Waals surface area contributed by atoms with Crippen molar-refractivity contribution in [3.63, 3.8) is 0 Å². The molecule has 1 amide bonds. The van der Waals surface area contributed by atoms with Crippen LogP contribution in [-0.4, -0.2) is 47.4 Å². The lowest BCUT2D eigenvalue weighted by atomic mass is 10.2. The number of halogens is 1. The third-order valence-corrected chi connectivity index (χ3v) is 5.98. The third-order valence-electron chi connectivity index (χ3n) is 4.09. The van der Waals surface area contributed by atoms with Crippen LogP contribution in [-0.2, 0) is 4.74 Å². The summed E-state index contributed by atoms with van der Waals surface area (Å²) in [4.78, 5) is 17.3. The van der Waals surface area contributed by atoms with Gasteiger partial charge in [-0.05, 0) is 59.3 Å². The van der Waals surface area contributed by atoms with Gasteiger partial charge >= 0.3 is 0 Å². The number of aromatic nitrogens is 3. The van der Waals surface area contributed by atoms with E-state index in [1.807, 2.05) is 23.5 Å². The Labute approximate surface area is 189 Å². The number of carbonyl (C=O) groups is 1. The molecule has 0 aliphatic heterocycles. The first-order valence-corrected chi connectivity index (χ1v) is 13.3. The van der Waals surface area contributed by atoms with Crippen LogP contribution in [0.25, 0.3) is 11.4 Å². The van der Waals surface area contributed by atoms with Gasteiger partial charge in [-0.3, -0.25) is 4.79 Å². The highest BCUT2D eigenvalue weighted by atomic mass is 127. The Hall–Kier alpha value is -2.23. The zero-order valence-corrected chi connectivity index (χ0v) is 19.8. The summed E-state index contributed by atoms with van der Waals surface area (Å²) in [5, 5.41) is 7.11. The van der Waals surface area contributed by atoms with Gasteiger partial charge in [-0.1, -0.05) is 6.07 Å². The third kappa shape index (κ3) is 5.68. The van der Waals surface area contributed by atoms with Gasteiger partial charge in [0.1, 0.15) is 23.8 Å². The second-order valence-corrected chi connectivity index (χ2v) is 8.02. The number of anilines is 1. The zero-order chi connectivity index (χ0) is 21.3. The molecule has 10 heteroatoms. The van der Waals surface area contributed by atoms with Crippen molar-refractivity contribution in [1.29, 1.82) is 0 Å². The minimum atomic E-state index is -0.330. The molecule has 0 bridgehead atoms. The van der Waals surface area contributed by atoms with E-state index in [2.05, 4.69) is 37.4 Å². The summed E-state index contributed by atoms with van der Waals surface area (Å²) in [7, 11) is 1.54. The van der Waals surface area contributed by atoms with Crippen molar-refractivity contribution in [1.82, 2.24) is 14.5 Å². The summed E-state index contributed by atoms with van der Waals surface area (Å²) in [5.41, 5.74) is 2.39. The number of nitrogens with one attached hydrogen (secondary N) is 1. The molecule has 1 aromatic carbocycles. The van der Waals surface area contributed by atoms with Gasteiger partial charge in [0, 0.05) is 18.9 Å². The van der Waals surface area contributed by atoms with Crippen LogP contribution in [0.2, 0.25) is 0 Å². The van der Waals surface area contributed by atoms with Gasteiger partial charge in [0.25, 0.3) is 5.91 Å². The number of benzene rings is 1. The molecular formula is C20H22IN4O4P. The molecule has 1 atom stereocenters. The van der Waals surface area contributed by atoms with E-state index in [9.17, 15) is 4.79 Å². The van der Waals surface area contributed by atoms with E-state index in [1.165, 1.54) is 0 Å². The average Bonchev–Trinajstić information content (AvgIpc) is 3.26. The van der Waals surface area contributed by atoms with Crippen molar-refractivity contribution in [3.05, 3.63) is 54.4 Å². The number of amides is 1. The number of hydrogen-bond acceptors (Lipinski definition) is 6. The van der Waals surface area contributed by atoms with Crippen LogP contribution in [0.3, 0.4) is 0 Å². The molecule has 0 aliphatic carbocycles. The van der Waals surface area contributed by atoms with Gasteiger partial charge in [0.15, 0.2) is 0 Å². The Morgan fingerprint density at radius 3 is 2.87 bits per heavy atom. The Balaban J connectivity index is 1.73. The molecule has 0 saturated heterocycles. The van der Waals surface area contributed by atoms with Crippen LogP contribution in [0.15, 0.2) is 48.7 Å². The fraction of sp³-hybridized carbons (Fsp3) is 0.250. The molecule has 0 fully saturated rings. The zero-order valence-electron chi connectivity index (χ0n) is 16.6. The maximum Gasteiger partial charge on any atom is 0.274 e. The van der Waals surface area contributed by atoms with Gasteiger partial charge < -0.3 is 19.5 Å². The molecular weight excluding hydrogens is 518 g/mol. The lowest BCUT2D eigenvalue weighted by molar-refractivity contribution is 0.102. The molecule has 8 nitrogen and oxygen atoms in total. The van der Waals surface area contributed by atoms with Crippen LogP contribution in [0.1, 0.15) is 17.4 Å². The smallest absolute Gasteiger partial charge is 0.274 e. The number of methoxy groups -OCH3 is 1. The Bertz CT molecular complexity index is 998. The molecule has 0 aliphatic rings. The normalized spacial score (nSPS) is 11.0. The number of ether oxygens (including phenoxy) is 3. The number of carbonyl (C=O) groups excluding carboxylic acids is 1. The lowest BCUT2D eigenvalue weighted by Gasteiger charge is -2.13. The molecule has 3 aromatic rings. The van der Waals surface area contributed by atoms with E-state index in [4.69, 9.17) is 14.2 Å². The number of nitrogens with zero attached hydrogens (tertiary/aromatic N) is 3. The van der Waals surface area contributed by atoms with E-state index in [-0.39, 0.29) is 5.91 Å². The summed E-state index contributed by atoms with van der Waals surface area (Å²) in [6.07, 6.45) is 2.16. The molecule has 30 heavy (non-hydrogen) atoms. The highest BCUT2D eigenvalue weighted by Crippen LogP contribution is 2.31. The van der Waals surface area contributed by atoms with Gasteiger partial charge in [0.2, 0.25) is 0 Å². The number of pyridine rings is 1. The van der Waals surface area contributed by atoms with Crippen molar-refractivity contribution in [2.24, 2.45) is 0 Å². The van der Waals surface area contributed by atoms with Crippen molar-refractivity contribution in [2.45, 2.75) is 6.92 Å². The van der Waals surface area contributed by atoms with E-state index in [0.717, 1.165) is 5.69 Å². The second kappa shape index (κ2) is 11.2. The first-order valence-electron chi connectivity index (χ1n) is 9.24. The minimum absolute atomic E-state index is 0.302. The predicted octanol–water partition coefficient (Wildman–Crippen LogP) is 4.41. The first kappa shape index (κ1) is 22.5. The number of rotatable bonds is 10. The molecule has 2 aromatic heterocycles. The van der Waals surface area contributed by atoms with E-state index in [1.54, 1.807) is 43.6 Å². The molecule has 2 heterocycles. The van der Waals surface area contributed by atoms with Gasteiger partial charge in [-0.15, -0.1) is 0 Å². The molecule has 3 rings (SSSR count).